The quantitative estimate of drug-likeness (QED) is 0.333. The van der Waals surface area contributed by atoms with E-state index in [0.29, 0.717) is 24.0 Å². The molecule has 5 nitrogen and oxygen atoms in total. The van der Waals surface area contributed by atoms with E-state index in [1.54, 1.807) is 12.1 Å². The average molecular weight is 460 g/mol. The highest BCUT2D eigenvalue weighted by molar-refractivity contribution is 5.94. The summed E-state index contributed by atoms with van der Waals surface area (Å²) in [6.45, 7) is 6.38. The third-order valence-corrected chi connectivity index (χ3v) is 7.39. The number of nitrogens with zero attached hydrogens (tertiary/aromatic N) is 2. The summed E-state index contributed by atoms with van der Waals surface area (Å²) < 4.78 is 19.1. The minimum atomic E-state index is -0.307. The van der Waals surface area contributed by atoms with Gasteiger partial charge < -0.3 is 9.72 Å². The Morgan fingerprint density at radius 1 is 1.18 bits per heavy atom. The van der Waals surface area contributed by atoms with Crippen molar-refractivity contribution in [3.8, 4) is 0 Å². The Labute approximate surface area is 198 Å². The predicted molar refractivity (Wildman–Crippen MR) is 132 cm³/mol. The summed E-state index contributed by atoms with van der Waals surface area (Å²) in [5.74, 6) is 1.67. The molecule has 1 aliphatic rings. The first-order valence-corrected chi connectivity index (χ1v) is 12.2. The standard InChI is InChI=1S/C28H30FN3O2/c1-4-34-28(33)20-13-16(2)26-25(14-20)31-27(32-26)17(3)18-5-7-19(8-6-18)22-11-12-30-24-10-9-21(29)15-23(22)24/h9-15,17-19H,4-8H2,1-3H3,(H,31,32)/t17-,18?,19?/m1/s1. The zero-order chi connectivity index (χ0) is 23.8. The highest BCUT2D eigenvalue weighted by Gasteiger charge is 2.29. The topological polar surface area (TPSA) is 67.9 Å². The fraction of sp³-hybridized carbons (Fsp3) is 0.393. The van der Waals surface area contributed by atoms with E-state index in [-0.39, 0.29) is 17.7 Å². The van der Waals surface area contributed by atoms with Gasteiger partial charge in [-0.2, -0.15) is 0 Å². The lowest BCUT2D eigenvalue weighted by Crippen LogP contribution is -2.19. The summed E-state index contributed by atoms with van der Waals surface area (Å²) in [5, 5.41) is 0.934. The summed E-state index contributed by atoms with van der Waals surface area (Å²) in [6.07, 6.45) is 6.16. The summed E-state index contributed by atoms with van der Waals surface area (Å²) in [7, 11) is 0. The number of pyridine rings is 1. The smallest absolute Gasteiger partial charge is 0.338 e. The van der Waals surface area contributed by atoms with Crippen molar-refractivity contribution in [1.82, 2.24) is 15.0 Å². The van der Waals surface area contributed by atoms with E-state index >= 15 is 0 Å². The molecule has 0 aliphatic heterocycles. The van der Waals surface area contributed by atoms with Crippen molar-refractivity contribution in [2.24, 2.45) is 5.92 Å². The monoisotopic (exact) mass is 459 g/mol. The van der Waals surface area contributed by atoms with Gasteiger partial charge in [-0.3, -0.25) is 4.98 Å². The molecule has 2 aromatic carbocycles. The van der Waals surface area contributed by atoms with Crippen LogP contribution in [0.5, 0.6) is 0 Å². The van der Waals surface area contributed by atoms with Gasteiger partial charge in [-0.15, -0.1) is 0 Å². The van der Waals surface area contributed by atoms with E-state index in [4.69, 9.17) is 9.72 Å². The molecule has 176 valence electrons. The maximum atomic E-state index is 13.9. The Bertz CT molecular complexity index is 1350. The second kappa shape index (κ2) is 9.16. The number of rotatable bonds is 5. The number of imidazole rings is 1. The normalized spacial score (nSPS) is 19.4. The first kappa shape index (κ1) is 22.5. The van der Waals surface area contributed by atoms with Gasteiger partial charge >= 0.3 is 5.97 Å². The van der Waals surface area contributed by atoms with Crippen LogP contribution in [0.2, 0.25) is 0 Å². The van der Waals surface area contributed by atoms with Gasteiger partial charge in [-0.25, -0.2) is 14.2 Å². The molecule has 1 fully saturated rings. The minimum absolute atomic E-state index is 0.213. The van der Waals surface area contributed by atoms with Gasteiger partial charge in [0.15, 0.2) is 0 Å². The van der Waals surface area contributed by atoms with Crippen LogP contribution in [-0.4, -0.2) is 27.5 Å². The van der Waals surface area contributed by atoms with Crippen molar-refractivity contribution in [1.29, 1.82) is 0 Å². The second-order valence-electron chi connectivity index (χ2n) is 9.49. The molecule has 4 aromatic rings. The maximum Gasteiger partial charge on any atom is 0.338 e. The number of aromatic nitrogens is 3. The van der Waals surface area contributed by atoms with E-state index in [9.17, 15) is 9.18 Å². The van der Waals surface area contributed by atoms with Crippen LogP contribution in [-0.2, 0) is 4.74 Å². The number of benzene rings is 2. The van der Waals surface area contributed by atoms with Crippen molar-refractivity contribution < 1.29 is 13.9 Å². The highest BCUT2D eigenvalue weighted by Crippen LogP contribution is 2.43. The number of halogens is 1. The molecule has 1 atom stereocenters. The zero-order valence-electron chi connectivity index (χ0n) is 19.9. The number of carbonyl (C=O) groups excluding carboxylic acids is 1. The summed E-state index contributed by atoms with van der Waals surface area (Å²) in [4.78, 5) is 25.0. The van der Waals surface area contributed by atoms with Crippen LogP contribution in [0.25, 0.3) is 21.9 Å². The molecule has 0 spiro atoms. The number of ether oxygens (including phenoxy) is 1. The Hall–Kier alpha value is -3.28. The summed E-state index contributed by atoms with van der Waals surface area (Å²) in [6, 6.07) is 10.6. The molecule has 34 heavy (non-hydrogen) atoms. The zero-order valence-corrected chi connectivity index (χ0v) is 19.9. The van der Waals surface area contributed by atoms with Gasteiger partial charge in [0.1, 0.15) is 11.6 Å². The molecule has 0 unspecified atom stereocenters. The molecule has 0 radical (unpaired) electrons. The van der Waals surface area contributed by atoms with E-state index < -0.39 is 0 Å². The van der Waals surface area contributed by atoms with Gasteiger partial charge in [0.05, 0.1) is 28.7 Å². The lowest BCUT2D eigenvalue weighted by Gasteiger charge is -2.32. The number of H-pyrrole nitrogens is 1. The molecule has 0 saturated heterocycles. The fourth-order valence-corrected chi connectivity index (χ4v) is 5.51. The number of carbonyl (C=O) groups is 1. The van der Waals surface area contributed by atoms with Crippen molar-refractivity contribution in [3.05, 3.63) is 70.9 Å². The van der Waals surface area contributed by atoms with Crippen molar-refractivity contribution in [2.45, 2.75) is 58.3 Å². The van der Waals surface area contributed by atoms with E-state index in [2.05, 4.69) is 23.0 Å². The van der Waals surface area contributed by atoms with Crippen LogP contribution >= 0.6 is 0 Å². The lowest BCUT2D eigenvalue weighted by atomic mass is 9.73. The number of esters is 1. The van der Waals surface area contributed by atoms with E-state index in [1.165, 1.54) is 11.6 Å². The molecule has 1 saturated carbocycles. The molecule has 5 rings (SSSR count). The number of hydrogen-bond acceptors (Lipinski definition) is 4. The minimum Gasteiger partial charge on any atom is -0.462 e. The SMILES string of the molecule is CCOC(=O)c1cc(C)c2nc([C@H](C)C3CCC(c4ccnc5ccc(F)cc45)CC3)[nH]c2c1. The highest BCUT2D eigenvalue weighted by atomic mass is 19.1. The largest absolute Gasteiger partial charge is 0.462 e. The van der Waals surface area contributed by atoms with Crippen LogP contribution in [0, 0.1) is 18.7 Å². The summed E-state index contributed by atoms with van der Waals surface area (Å²) in [5.41, 5.74) is 5.38. The molecule has 0 amide bonds. The number of nitrogens with one attached hydrogen (secondary N) is 1. The van der Waals surface area contributed by atoms with Gasteiger partial charge in [-0.05, 0) is 98.9 Å². The Morgan fingerprint density at radius 2 is 1.97 bits per heavy atom. The Balaban J connectivity index is 1.33. The van der Waals surface area contributed by atoms with Gasteiger partial charge in [-0.1, -0.05) is 6.92 Å². The molecule has 1 N–H and O–H groups in total. The van der Waals surface area contributed by atoms with E-state index in [1.807, 2.05) is 32.2 Å². The molecular weight excluding hydrogens is 429 g/mol. The van der Waals surface area contributed by atoms with Crippen LogP contribution in [0.1, 0.15) is 78.7 Å². The predicted octanol–water partition coefficient (Wildman–Crippen LogP) is 6.81. The van der Waals surface area contributed by atoms with Crippen LogP contribution in [0.4, 0.5) is 4.39 Å². The van der Waals surface area contributed by atoms with Gasteiger partial charge in [0.25, 0.3) is 0 Å². The first-order valence-electron chi connectivity index (χ1n) is 12.2. The molecule has 0 bridgehead atoms. The fourth-order valence-electron chi connectivity index (χ4n) is 5.51. The third-order valence-electron chi connectivity index (χ3n) is 7.39. The summed E-state index contributed by atoms with van der Waals surface area (Å²) >= 11 is 0. The second-order valence-corrected chi connectivity index (χ2v) is 9.49. The Morgan fingerprint density at radius 3 is 2.74 bits per heavy atom. The van der Waals surface area contributed by atoms with Crippen LogP contribution in [0.3, 0.4) is 0 Å². The van der Waals surface area contributed by atoms with Crippen LogP contribution < -0.4 is 0 Å². The first-order chi connectivity index (χ1) is 16.4. The third kappa shape index (κ3) is 4.17. The van der Waals surface area contributed by atoms with Gasteiger partial charge in [0, 0.05) is 17.5 Å². The van der Waals surface area contributed by atoms with Crippen LogP contribution in [0.15, 0.2) is 42.6 Å². The van der Waals surface area contributed by atoms with E-state index in [0.717, 1.165) is 59.0 Å². The van der Waals surface area contributed by atoms with Crippen molar-refractivity contribution >= 4 is 27.9 Å². The average Bonchev–Trinajstić information content (AvgIpc) is 3.28. The lowest BCUT2D eigenvalue weighted by molar-refractivity contribution is 0.0526. The number of aromatic amines is 1. The number of fused-ring (bicyclic) bond motifs is 2. The number of aryl methyl sites for hydroxylation is 1. The maximum absolute atomic E-state index is 13.9. The van der Waals surface area contributed by atoms with Gasteiger partial charge in [0.2, 0.25) is 0 Å². The molecule has 2 aromatic heterocycles. The Kier molecular flexibility index (Phi) is 6.07. The molecular formula is C28H30FN3O2. The van der Waals surface area contributed by atoms with Crippen molar-refractivity contribution in [3.63, 3.8) is 0 Å². The molecule has 6 heteroatoms. The number of hydrogen-bond donors (Lipinski definition) is 1. The van der Waals surface area contributed by atoms with Crippen molar-refractivity contribution in [2.75, 3.05) is 6.61 Å². The molecule has 1 aliphatic carbocycles. The molecule has 2 heterocycles.